The van der Waals surface area contributed by atoms with Gasteiger partial charge in [-0.25, -0.2) is 9.97 Å². The standard InChI is InChI=1S/C15H19N3S/c1-12-4-5-14(19-12)10-18-8-2-3-13(9-18)15-6-7-16-11-17-15/h4-7,11,13H,2-3,8-10H2,1H3/t13-/m0/s1. The molecular formula is C15H19N3S. The lowest BCUT2D eigenvalue weighted by Gasteiger charge is -2.32. The first kappa shape index (κ1) is 12.8. The number of aromatic nitrogens is 2. The Morgan fingerprint density at radius 2 is 2.32 bits per heavy atom. The maximum absolute atomic E-state index is 4.41. The number of piperidine rings is 1. The normalized spacial score (nSPS) is 20.6. The molecule has 1 fully saturated rings. The fourth-order valence-electron chi connectivity index (χ4n) is 2.77. The Balaban J connectivity index is 1.65. The zero-order chi connectivity index (χ0) is 13.1. The first-order valence-electron chi connectivity index (χ1n) is 6.85. The molecule has 1 aliphatic heterocycles. The quantitative estimate of drug-likeness (QED) is 0.859. The molecule has 0 N–H and O–H groups in total. The van der Waals surface area contributed by atoms with E-state index in [2.05, 4.69) is 40.0 Å². The Bertz CT molecular complexity index is 523. The zero-order valence-electron chi connectivity index (χ0n) is 11.2. The third-order valence-electron chi connectivity index (χ3n) is 3.70. The lowest BCUT2D eigenvalue weighted by Crippen LogP contribution is -2.33. The van der Waals surface area contributed by atoms with Crippen LogP contribution in [-0.2, 0) is 6.54 Å². The van der Waals surface area contributed by atoms with Gasteiger partial charge in [-0.1, -0.05) is 0 Å². The van der Waals surface area contributed by atoms with E-state index >= 15 is 0 Å². The summed E-state index contributed by atoms with van der Waals surface area (Å²) in [6.45, 7) is 5.58. The summed E-state index contributed by atoms with van der Waals surface area (Å²) in [5, 5.41) is 0. The van der Waals surface area contributed by atoms with E-state index in [9.17, 15) is 0 Å². The van der Waals surface area contributed by atoms with Crippen molar-refractivity contribution in [2.24, 2.45) is 0 Å². The van der Waals surface area contributed by atoms with Crippen LogP contribution in [0.3, 0.4) is 0 Å². The van der Waals surface area contributed by atoms with Crippen LogP contribution in [0.2, 0.25) is 0 Å². The maximum atomic E-state index is 4.41. The van der Waals surface area contributed by atoms with Crippen molar-refractivity contribution in [1.29, 1.82) is 0 Å². The van der Waals surface area contributed by atoms with Crippen LogP contribution in [0.5, 0.6) is 0 Å². The minimum absolute atomic E-state index is 0.567. The van der Waals surface area contributed by atoms with E-state index in [-0.39, 0.29) is 0 Å². The van der Waals surface area contributed by atoms with E-state index in [1.54, 1.807) is 6.33 Å². The summed E-state index contributed by atoms with van der Waals surface area (Å²) in [5.41, 5.74) is 1.20. The van der Waals surface area contributed by atoms with Gasteiger partial charge in [0, 0.05) is 40.7 Å². The topological polar surface area (TPSA) is 29.0 Å². The number of hydrogen-bond acceptors (Lipinski definition) is 4. The molecule has 4 heteroatoms. The molecule has 2 aromatic rings. The summed E-state index contributed by atoms with van der Waals surface area (Å²) in [6, 6.07) is 6.53. The van der Waals surface area contributed by atoms with Crippen LogP contribution in [0.1, 0.15) is 34.2 Å². The molecule has 0 bridgehead atoms. The Morgan fingerprint density at radius 3 is 3.05 bits per heavy atom. The Hall–Kier alpha value is -1.26. The highest BCUT2D eigenvalue weighted by Gasteiger charge is 2.22. The molecule has 0 saturated carbocycles. The molecule has 1 aliphatic rings. The predicted molar refractivity (Wildman–Crippen MR) is 78.3 cm³/mol. The van der Waals surface area contributed by atoms with Gasteiger partial charge in [0.05, 0.1) is 0 Å². The summed E-state index contributed by atoms with van der Waals surface area (Å²) in [4.78, 5) is 13.9. The van der Waals surface area contributed by atoms with Crippen LogP contribution in [0.4, 0.5) is 0 Å². The van der Waals surface area contributed by atoms with Gasteiger partial charge in [0.15, 0.2) is 0 Å². The Morgan fingerprint density at radius 1 is 1.37 bits per heavy atom. The van der Waals surface area contributed by atoms with Gasteiger partial charge in [-0.3, -0.25) is 4.90 Å². The Labute approximate surface area is 118 Å². The zero-order valence-corrected chi connectivity index (χ0v) is 12.1. The van der Waals surface area contributed by atoms with Crippen LogP contribution >= 0.6 is 11.3 Å². The third-order valence-corrected chi connectivity index (χ3v) is 4.69. The summed E-state index contributed by atoms with van der Waals surface area (Å²) in [7, 11) is 0. The average molecular weight is 273 g/mol. The fourth-order valence-corrected chi connectivity index (χ4v) is 3.71. The van der Waals surface area contributed by atoms with Crippen molar-refractivity contribution in [1.82, 2.24) is 14.9 Å². The summed E-state index contributed by atoms with van der Waals surface area (Å²) >= 11 is 1.91. The number of nitrogens with zero attached hydrogens (tertiary/aromatic N) is 3. The van der Waals surface area contributed by atoms with Crippen molar-refractivity contribution in [3.05, 3.63) is 46.2 Å². The van der Waals surface area contributed by atoms with Gasteiger partial charge in [-0.2, -0.15) is 0 Å². The van der Waals surface area contributed by atoms with Crippen LogP contribution in [0.25, 0.3) is 0 Å². The van der Waals surface area contributed by atoms with Crippen molar-refractivity contribution in [3.63, 3.8) is 0 Å². The molecule has 1 atom stereocenters. The van der Waals surface area contributed by atoms with Gasteiger partial charge >= 0.3 is 0 Å². The molecule has 2 aromatic heterocycles. The smallest absolute Gasteiger partial charge is 0.115 e. The SMILES string of the molecule is Cc1ccc(CN2CCC[C@H](c3ccncn3)C2)s1. The lowest BCUT2D eigenvalue weighted by molar-refractivity contribution is 0.200. The molecule has 0 radical (unpaired) electrons. The van der Waals surface area contributed by atoms with E-state index < -0.39 is 0 Å². The monoisotopic (exact) mass is 273 g/mol. The van der Waals surface area contributed by atoms with E-state index in [1.807, 2.05) is 17.5 Å². The number of hydrogen-bond donors (Lipinski definition) is 0. The predicted octanol–water partition coefficient (Wildman–Crippen LogP) is 3.23. The second-order valence-electron chi connectivity index (χ2n) is 5.22. The van der Waals surface area contributed by atoms with E-state index in [4.69, 9.17) is 0 Å². The Kier molecular flexibility index (Phi) is 3.89. The number of aryl methyl sites for hydroxylation is 1. The fraction of sp³-hybridized carbons (Fsp3) is 0.467. The first-order chi connectivity index (χ1) is 9.31. The third kappa shape index (κ3) is 3.19. The molecule has 3 heterocycles. The van der Waals surface area contributed by atoms with Gasteiger partial charge in [-0.15, -0.1) is 11.3 Å². The molecule has 0 aliphatic carbocycles. The molecule has 0 aromatic carbocycles. The van der Waals surface area contributed by atoms with Crippen LogP contribution in [-0.4, -0.2) is 28.0 Å². The molecule has 1 saturated heterocycles. The molecule has 0 unspecified atom stereocenters. The van der Waals surface area contributed by atoms with E-state index in [0.29, 0.717) is 5.92 Å². The lowest BCUT2D eigenvalue weighted by atomic mass is 9.94. The van der Waals surface area contributed by atoms with Crippen molar-refractivity contribution < 1.29 is 0 Å². The molecule has 100 valence electrons. The first-order valence-corrected chi connectivity index (χ1v) is 7.66. The van der Waals surface area contributed by atoms with Crippen LogP contribution in [0.15, 0.2) is 30.7 Å². The van der Waals surface area contributed by atoms with Crippen molar-refractivity contribution in [2.45, 2.75) is 32.2 Å². The molecular weight excluding hydrogens is 254 g/mol. The van der Waals surface area contributed by atoms with Gasteiger partial charge in [0.1, 0.15) is 6.33 Å². The summed E-state index contributed by atoms with van der Waals surface area (Å²) in [6.07, 6.45) is 6.02. The minimum atomic E-state index is 0.567. The van der Waals surface area contributed by atoms with Gasteiger partial charge in [-0.05, 0) is 44.5 Å². The second-order valence-corrected chi connectivity index (χ2v) is 6.59. The van der Waals surface area contributed by atoms with E-state index in [1.165, 1.54) is 34.8 Å². The number of thiophene rings is 1. The molecule has 0 amide bonds. The minimum Gasteiger partial charge on any atom is -0.298 e. The molecule has 3 nitrogen and oxygen atoms in total. The van der Waals surface area contributed by atoms with Crippen molar-refractivity contribution in [3.8, 4) is 0 Å². The van der Waals surface area contributed by atoms with Crippen molar-refractivity contribution >= 4 is 11.3 Å². The summed E-state index contributed by atoms with van der Waals surface area (Å²) in [5.74, 6) is 0.567. The van der Waals surface area contributed by atoms with Crippen molar-refractivity contribution in [2.75, 3.05) is 13.1 Å². The maximum Gasteiger partial charge on any atom is 0.115 e. The van der Waals surface area contributed by atoms with Gasteiger partial charge < -0.3 is 0 Å². The summed E-state index contributed by atoms with van der Waals surface area (Å²) < 4.78 is 0. The molecule has 19 heavy (non-hydrogen) atoms. The van der Waals surface area contributed by atoms with E-state index in [0.717, 1.165) is 13.1 Å². The van der Waals surface area contributed by atoms with Crippen LogP contribution in [0, 0.1) is 6.92 Å². The molecule has 0 spiro atoms. The highest BCUT2D eigenvalue weighted by atomic mass is 32.1. The largest absolute Gasteiger partial charge is 0.298 e. The molecule has 3 rings (SSSR count). The van der Waals surface area contributed by atoms with Crippen LogP contribution < -0.4 is 0 Å². The highest BCUT2D eigenvalue weighted by Crippen LogP contribution is 2.27. The van der Waals surface area contributed by atoms with Gasteiger partial charge in [0.25, 0.3) is 0 Å². The second kappa shape index (κ2) is 5.80. The number of likely N-dealkylation sites (tertiary alicyclic amines) is 1. The highest BCUT2D eigenvalue weighted by molar-refractivity contribution is 7.11. The average Bonchev–Trinajstić information content (AvgIpc) is 2.85. The van der Waals surface area contributed by atoms with Gasteiger partial charge in [0.2, 0.25) is 0 Å². The number of rotatable bonds is 3.